The minimum absolute atomic E-state index is 0.343. The van der Waals surface area contributed by atoms with Crippen molar-refractivity contribution in [3.8, 4) is 0 Å². The number of hydrogen-bond donors (Lipinski definition) is 1. The van der Waals surface area contributed by atoms with Crippen LogP contribution in [0.25, 0.3) is 0 Å². The summed E-state index contributed by atoms with van der Waals surface area (Å²) in [6.07, 6.45) is 0. The van der Waals surface area contributed by atoms with Gasteiger partial charge in [-0.3, -0.25) is 4.90 Å². The highest BCUT2D eigenvalue weighted by molar-refractivity contribution is 5.19. The van der Waals surface area contributed by atoms with Gasteiger partial charge in [0.15, 0.2) is 0 Å². The zero-order chi connectivity index (χ0) is 10.5. The zero-order valence-corrected chi connectivity index (χ0v) is 8.93. The first-order chi connectivity index (χ1) is 7.42. The second-order valence-corrected chi connectivity index (χ2v) is 3.81. The van der Waals surface area contributed by atoms with E-state index < -0.39 is 0 Å². The third-order valence-corrected chi connectivity index (χ3v) is 2.89. The monoisotopic (exact) mass is 206 g/mol. The van der Waals surface area contributed by atoms with Gasteiger partial charge in [-0.05, 0) is 5.56 Å². The van der Waals surface area contributed by atoms with Gasteiger partial charge in [0.2, 0.25) is 0 Å². The van der Waals surface area contributed by atoms with E-state index in [2.05, 4.69) is 29.2 Å². The molecule has 0 aliphatic carbocycles. The van der Waals surface area contributed by atoms with Gasteiger partial charge in [-0.1, -0.05) is 30.3 Å². The lowest BCUT2D eigenvalue weighted by molar-refractivity contribution is 0.0179. The van der Waals surface area contributed by atoms with Crippen molar-refractivity contribution >= 4 is 0 Å². The van der Waals surface area contributed by atoms with Gasteiger partial charge in [-0.25, -0.2) is 0 Å². The molecule has 0 saturated carbocycles. The Balaban J connectivity index is 2.09. The van der Waals surface area contributed by atoms with E-state index in [0.29, 0.717) is 12.6 Å². The third-order valence-electron chi connectivity index (χ3n) is 2.89. The normalized spacial score (nSPS) is 20.1. The number of nitrogens with two attached hydrogens (primary N) is 1. The van der Waals surface area contributed by atoms with Gasteiger partial charge in [0.25, 0.3) is 0 Å². The Kier molecular flexibility index (Phi) is 3.72. The Hall–Kier alpha value is -0.900. The summed E-state index contributed by atoms with van der Waals surface area (Å²) in [5.41, 5.74) is 7.16. The standard InChI is InChI=1S/C12H18N2O/c13-10-12(11-4-2-1-3-5-11)14-6-8-15-9-7-14/h1-5,12H,6-10,13H2/t12-/m1/s1. The van der Waals surface area contributed by atoms with Crippen molar-refractivity contribution in [3.63, 3.8) is 0 Å². The Morgan fingerprint density at radius 1 is 1.20 bits per heavy atom. The zero-order valence-electron chi connectivity index (χ0n) is 8.93. The summed E-state index contributed by atoms with van der Waals surface area (Å²) in [5.74, 6) is 0. The van der Waals surface area contributed by atoms with Gasteiger partial charge < -0.3 is 10.5 Å². The van der Waals surface area contributed by atoms with Crippen molar-refractivity contribution in [1.82, 2.24) is 4.90 Å². The van der Waals surface area contributed by atoms with Crippen LogP contribution in [0.1, 0.15) is 11.6 Å². The van der Waals surface area contributed by atoms with E-state index in [4.69, 9.17) is 10.5 Å². The molecule has 15 heavy (non-hydrogen) atoms. The molecular weight excluding hydrogens is 188 g/mol. The Labute approximate surface area is 90.8 Å². The third kappa shape index (κ3) is 2.56. The maximum atomic E-state index is 5.85. The predicted octanol–water partition coefficient (Wildman–Crippen LogP) is 1.02. The lowest BCUT2D eigenvalue weighted by atomic mass is 10.1. The molecule has 3 nitrogen and oxygen atoms in total. The van der Waals surface area contributed by atoms with Crippen LogP contribution < -0.4 is 5.73 Å². The largest absolute Gasteiger partial charge is 0.379 e. The molecule has 1 aliphatic heterocycles. The maximum Gasteiger partial charge on any atom is 0.0594 e. The predicted molar refractivity (Wildman–Crippen MR) is 60.6 cm³/mol. The van der Waals surface area contributed by atoms with Crippen LogP contribution in [-0.4, -0.2) is 37.7 Å². The molecular formula is C12H18N2O. The Bertz CT molecular complexity index is 283. The molecule has 2 N–H and O–H groups in total. The van der Waals surface area contributed by atoms with E-state index in [0.717, 1.165) is 26.3 Å². The van der Waals surface area contributed by atoms with E-state index in [-0.39, 0.29) is 0 Å². The van der Waals surface area contributed by atoms with Crippen molar-refractivity contribution in [2.45, 2.75) is 6.04 Å². The number of nitrogens with zero attached hydrogens (tertiary/aromatic N) is 1. The minimum atomic E-state index is 0.343. The first-order valence-corrected chi connectivity index (χ1v) is 5.48. The van der Waals surface area contributed by atoms with E-state index in [1.165, 1.54) is 5.56 Å². The van der Waals surface area contributed by atoms with Gasteiger partial charge >= 0.3 is 0 Å². The van der Waals surface area contributed by atoms with Crippen molar-refractivity contribution in [1.29, 1.82) is 0 Å². The molecule has 0 radical (unpaired) electrons. The first-order valence-electron chi connectivity index (χ1n) is 5.48. The first kappa shape index (κ1) is 10.6. The lowest BCUT2D eigenvalue weighted by Crippen LogP contribution is -2.41. The molecule has 0 unspecified atom stereocenters. The van der Waals surface area contributed by atoms with Gasteiger partial charge in [-0.2, -0.15) is 0 Å². The van der Waals surface area contributed by atoms with Crippen LogP contribution in [0.15, 0.2) is 30.3 Å². The molecule has 82 valence electrons. The van der Waals surface area contributed by atoms with Crippen molar-refractivity contribution in [2.75, 3.05) is 32.8 Å². The van der Waals surface area contributed by atoms with Crippen LogP contribution in [0.5, 0.6) is 0 Å². The molecule has 0 spiro atoms. The molecule has 1 fully saturated rings. The SMILES string of the molecule is NC[C@H](c1ccccc1)N1CCOCC1. The molecule has 1 saturated heterocycles. The smallest absolute Gasteiger partial charge is 0.0594 e. The highest BCUT2D eigenvalue weighted by atomic mass is 16.5. The highest BCUT2D eigenvalue weighted by Gasteiger charge is 2.20. The summed E-state index contributed by atoms with van der Waals surface area (Å²) in [6.45, 7) is 4.28. The van der Waals surface area contributed by atoms with Gasteiger partial charge in [0.1, 0.15) is 0 Å². The van der Waals surface area contributed by atoms with Crippen molar-refractivity contribution in [2.24, 2.45) is 5.73 Å². The number of benzene rings is 1. The van der Waals surface area contributed by atoms with Crippen molar-refractivity contribution < 1.29 is 4.74 Å². The quantitative estimate of drug-likeness (QED) is 0.802. The van der Waals surface area contributed by atoms with Gasteiger partial charge in [0, 0.05) is 25.7 Å². The van der Waals surface area contributed by atoms with Crippen LogP contribution in [-0.2, 0) is 4.74 Å². The maximum absolute atomic E-state index is 5.85. The van der Waals surface area contributed by atoms with Crippen molar-refractivity contribution in [3.05, 3.63) is 35.9 Å². The summed E-state index contributed by atoms with van der Waals surface area (Å²) in [6, 6.07) is 10.8. The summed E-state index contributed by atoms with van der Waals surface area (Å²) in [4.78, 5) is 2.40. The van der Waals surface area contributed by atoms with E-state index in [1.807, 2.05) is 6.07 Å². The van der Waals surface area contributed by atoms with Crippen LogP contribution in [0.4, 0.5) is 0 Å². The average molecular weight is 206 g/mol. The number of hydrogen-bond acceptors (Lipinski definition) is 3. The minimum Gasteiger partial charge on any atom is -0.379 e. The molecule has 3 heteroatoms. The summed E-state index contributed by atoms with van der Waals surface area (Å²) >= 11 is 0. The second-order valence-electron chi connectivity index (χ2n) is 3.81. The number of ether oxygens (including phenoxy) is 1. The van der Waals surface area contributed by atoms with Crippen LogP contribution in [0, 0.1) is 0 Å². The molecule has 1 aromatic carbocycles. The summed E-state index contributed by atoms with van der Waals surface area (Å²) in [5, 5.41) is 0. The van der Waals surface area contributed by atoms with Crippen LogP contribution in [0.2, 0.25) is 0 Å². The number of morpholine rings is 1. The van der Waals surface area contributed by atoms with Crippen LogP contribution in [0.3, 0.4) is 0 Å². The van der Waals surface area contributed by atoms with Gasteiger partial charge in [0.05, 0.1) is 13.2 Å². The molecule has 0 amide bonds. The molecule has 1 aromatic rings. The van der Waals surface area contributed by atoms with Crippen LogP contribution >= 0.6 is 0 Å². The molecule has 2 rings (SSSR count). The van der Waals surface area contributed by atoms with E-state index >= 15 is 0 Å². The molecule has 1 heterocycles. The highest BCUT2D eigenvalue weighted by Crippen LogP contribution is 2.19. The summed E-state index contributed by atoms with van der Waals surface area (Å²) in [7, 11) is 0. The topological polar surface area (TPSA) is 38.5 Å². The molecule has 1 atom stereocenters. The lowest BCUT2D eigenvalue weighted by Gasteiger charge is -2.34. The number of rotatable bonds is 3. The average Bonchev–Trinajstić information content (AvgIpc) is 2.33. The fourth-order valence-corrected chi connectivity index (χ4v) is 2.06. The van der Waals surface area contributed by atoms with E-state index in [9.17, 15) is 0 Å². The van der Waals surface area contributed by atoms with Gasteiger partial charge in [-0.15, -0.1) is 0 Å². The Morgan fingerprint density at radius 3 is 2.47 bits per heavy atom. The molecule has 1 aliphatic rings. The fourth-order valence-electron chi connectivity index (χ4n) is 2.06. The molecule has 0 bridgehead atoms. The Morgan fingerprint density at radius 2 is 1.87 bits per heavy atom. The fraction of sp³-hybridized carbons (Fsp3) is 0.500. The summed E-state index contributed by atoms with van der Waals surface area (Å²) < 4.78 is 5.35. The molecule has 0 aromatic heterocycles. The second kappa shape index (κ2) is 5.26. The van der Waals surface area contributed by atoms with E-state index in [1.54, 1.807) is 0 Å².